The minimum absolute atomic E-state index is 0.100. The molecule has 0 saturated heterocycles. The number of carbonyl (C=O) groups excluding carboxylic acids is 1. The van der Waals surface area contributed by atoms with E-state index in [0.29, 0.717) is 37.9 Å². The summed E-state index contributed by atoms with van der Waals surface area (Å²) < 4.78 is 57.2. The summed E-state index contributed by atoms with van der Waals surface area (Å²) in [6.07, 6.45) is 10.6. The molecule has 6 heteroatoms. The monoisotopic (exact) mass is 650 g/mol. The van der Waals surface area contributed by atoms with E-state index in [1.807, 2.05) is 12.1 Å². The lowest BCUT2D eigenvalue weighted by atomic mass is 9.72. The van der Waals surface area contributed by atoms with Gasteiger partial charge in [0.2, 0.25) is 0 Å². The summed E-state index contributed by atoms with van der Waals surface area (Å²) >= 11 is 0. The second-order valence-electron chi connectivity index (χ2n) is 13.5. The predicted octanol–water partition coefficient (Wildman–Crippen LogP) is 11.3. The molecule has 1 saturated carbocycles. The van der Waals surface area contributed by atoms with Crippen molar-refractivity contribution in [3.63, 3.8) is 0 Å². The SMILES string of the molecule is C=C(C)C(=O)OCCCC(CCCOC)C1=C(F)C=C(C2CCC(c3ccc(-c4ccc(CCCCC)cc4)cc3F)CC2)CC1F. The minimum atomic E-state index is -1.38. The zero-order valence-corrected chi connectivity index (χ0v) is 28.6. The van der Waals surface area contributed by atoms with Crippen LogP contribution in [0.1, 0.15) is 108 Å². The number of esters is 1. The molecule has 2 atom stereocenters. The molecule has 0 radical (unpaired) electrons. The van der Waals surface area contributed by atoms with Gasteiger partial charge in [-0.2, -0.15) is 0 Å². The number of aryl methyl sites for hydroxylation is 1. The van der Waals surface area contributed by atoms with E-state index in [0.717, 1.165) is 54.4 Å². The van der Waals surface area contributed by atoms with Crippen molar-refractivity contribution in [3.8, 4) is 11.1 Å². The molecule has 0 heterocycles. The number of allylic oxidation sites excluding steroid dienone is 4. The number of carbonyl (C=O) groups is 1. The Morgan fingerprint density at radius 3 is 2.19 bits per heavy atom. The summed E-state index contributed by atoms with van der Waals surface area (Å²) in [5, 5.41) is 0. The molecule has 0 spiro atoms. The number of halogens is 3. The third-order valence-corrected chi connectivity index (χ3v) is 10.0. The highest BCUT2D eigenvalue weighted by atomic mass is 19.1. The molecule has 0 aromatic heterocycles. The first-order chi connectivity index (χ1) is 22.7. The summed E-state index contributed by atoms with van der Waals surface area (Å²) in [5.74, 6) is -1.17. The van der Waals surface area contributed by atoms with Gasteiger partial charge >= 0.3 is 5.97 Å². The van der Waals surface area contributed by atoms with Gasteiger partial charge < -0.3 is 9.47 Å². The van der Waals surface area contributed by atoms with Crippen LogP contribution in [0.4, 0.5) is 13.2 Å². The fourth-order valence-corrected chi connectivity index (χ4v) is 7.31. The van der Waals surface area contributed by atoms with Gasteiger partial charge in [-0.25, -0.2) is 18.0 Å². The van der Waals surface area contributed by atoms with E-state index < -0.39 is 18.0 Å². The highest BCUT2D eigenvalue weighted by Gasteiger charge is 2.34. The Hall–Kier alpha value is -3.12. The molecular weight excluding hydrogens is 597 g/mol. The highest BCUT2D eigenvalue weighted by molar-refractivity contribution is 5.86. The molecule has 4 rings (SSSR count). The van der Waals surface area contributed by atoms with E-state index in [1.54, 1.807) is 26.2 Å². The van der Waals surface area contributed by atoms with Crippen molar-refractivity contribution in [1.29, 1.82) is 0 Å². The maximum atomic E-state index is 15.8. The predicted molar refractivity (Wildman–Crippen MR) is 185 cm³/mol. The number of benzene rings is 2. The van der Waals surface area contributed by atoms with Crippen molar-refractivity contribution in [2.24, 2.45) is 11.8 Å². The second-order valence-corrected chi connectivity index (χ2v) is 13.5. The van der Waals surface area contributed by atoms with E-state index >= 15 is 13.2 Å². The van der Waals surface area contributed by atoms with Crippen molar-refractivity contribution in [3.05, 3.63) is 94.6 Å². The van der Waals surface area contributed by atoms with E-state index in [2.05, 4.69) is 37.8 Å². The molecule has 256 valence electrons. The molecule has 2 unspecified atom stereocenters. The maximum absolute atomic E-state index is 15.8. The van der Waals surface area contributed by atoms with Crippen LogP contribution in [0, 0.1) is 17.7 Å². The lowest BCUT2D eigenvalue weighted by Crippen LogP contribution is -2.24. The number of ether oxygens (including phenoxy) is 2. The second kappa shape index (κ2) is 18.4. The quantitative estimate of drug-likeness (QED) is 0.0971. The van der Waals surface area contributed by atoms with Crippen LogP contribution in [0.3, 0.4) is 0 Å². The summed E-state index contributed by atoms with van der Waals surface area (Å²) in [4.78, 5) is 11.7. The van der Waals surface area contributed by atoms with Gasteiger partial charge in [-0.1, -0.05) is 68.3 Å². The summed E-state index contributed by atoms with van der Waals surface area (Å²) in [7, 11) is 1.62. The van der Waals surface area contributed by atoms with E-state index in [9.17, 15) is 4.79 Å². The molecule has 0 amide bonds. The topological polar surface area (TPSA) is 35.5 Å². The Morgan fingerprint density at radius 1 is 0.915 bits per heavy atom. The summed E-state index contributed by atoms with van der Waals surface area (Å²) in [5.41, 5.74) is 5.35. The zero-order valence-electron chi connectivity index (χ0n) is 28.6. The Kier molecular flexibility index (Phi) is 14.4. The van der Waals surface area contributed by atoms with Gasteiger partial charge in [0.1, 0.15) is 17.8 Å². The summed E-state index contributed by atoms with van der Waals surface area (Å²) in [6, 6.07) is 14.1. The van der Waals surface area contributed by atoms with Gasteiger partial charge in [0.25, 0.3) is 0 Å². The smallest absolute Gasteiger partial charge is 0.333 e. The average Bonchev–Trinajstić information content (AvgIpc) is 3.06. The number of unbranched alkanes of at least 4 members (excludes halogenated alkanes) is 2. The standard InChI is InChI=1S/C41H53F3O3/c1-5-6-7-10-29-13-15-30(16-14-29)34-21-22-36(37(42)25-34)32-19-17-31(18-20-32)35-26-38(43)40(39(44)27-35)33(11-8-23-46-4)12-9-24-47-41(45)28(2)3/h13-16,21-22,25-26,31-33,39H,2,5-12,17-20,23-24,27H2,1,3-4H3. The lowest BCUT2D eigenvalue weighted by Gasteiger charge is -2.34. The van der Waals surface area contributed by atoms with Crippen molar-refractivity contribution in [2.45, 2.75) is 109 Å². The summed E-state index contributed by atoms with van der Waals surface area (Å²) in [6.45, 7) is 8.10. The maximum Gasteiger partial charge on any atom is 0.333 e. The molecule has 0 N–H and O–H groups in total. The first-order valence-electron chi connectivity index (χ1n) is 17.7. The van der Waals surface area contributed by atoms with Crippen molar-refractivity contribution < 1.29 is 27.4 Å². The number of rotatable bonds is 17. The van der Waals surface area contributed by atoms with Gasteiger partial charge in [0, 0.05) is 31.3 Å². The highest BCUT2D eigenvalue weighted by Crippen LogP contribution is 2.45. The van der Waals surface area contributed by atoms with Crippen molar-refractivity contribution in [1.82, 2.24) is 0 Å². The molecule has 2 aliphatic rings. The van der Waals surface area contributed by atoms with Crippen LogP contribution in [0.15, 0.2) is 77.7 Å². The van der Waals surface area contributed by atoms with Gasteiger partial charge in [-0.05, 0) is 123 Å². The van der Waals surface area contributed by atoms with Crippen LogP contribution in [-0.2, 0) is 20.7 Å². The van der Waals surface area contributed by atoms with Crippen LogP contribution in [0.25, 0.3) is 11.1 Å². The van der Waals surface area contributed by atoms with Gasteiger partial charge in [0.05, 0.1) is 6.61 Å². The van der Waals surface area contributed by atoms with Gasteiger partial charge in [0.15, 0.2) is 0 Å². The van der Waals surface area contributed by atoms with Crippen LogP contribution in [0.5, 0.6) is 0 Å². The number of hydrogen-bond acceptors (Lipinski definition) is 3. The van der Waals surface area contributed by atoms with Crippen molar-refractivity contribution in [2.75, 3.05) is 20.3 Å². The molecule has 2 aliphatic carbocycles. The third kappa shape index (κ3) is 10.4. The molecule has 2 aromatic rings. The number of alkyl halides is 1. The third-order valence-electron chi connectivity index (χ3n) is 10.0. The van der Waals surface area contributed by atoms with Gasteiger partial charge in [-0.15, -0.1) is 0 Å². The lowest BCUT2D eigenvalue weighted by molar-refractivity contribution is -0.139. The van der Waals surface area contributed by atoms with E-state index in [1.165, 1.54) is 24.8 Å². The zero-order chi connectivity index (χ0) is 33.8. The average molecular weight is 651 g/mol. The first-order valence-corrected chi connectivity index (χ1v) is 17.7. The normalized spacial score (nSPS) is 20.6. The van der Waals surface area contributed by atoms with Crippen molar-refractivity contribution >= 4 is 5.97 Å². The molecule has 3 nitrogen and oxygen atoms in total. The Labute approximate surface area is 280 Å². The fraction of sp³-hybridized carbons (Fsp3) is 0.537. The molecule has 2 aromatic carbocycles. The fourth-order valence-electron chi connectivity index (χ4n) is 7.31. The number of hydrogen-bond donors (Lipinski definition) is 0. The molecule has 47 heavy (non-hydrogen) atoms. The number of methoxy groups -OCH3 is 1. The Morgan fingerprint density at radius 2 is 1.57 bits per heavy atom. The molecule has 0 aliphatic heterocycles. The first kappa shape index (κ1) is 36.7. The Balaban J connectivity index is 1.36. The van der Waals surface area contributed by atoms with Crippen LogP contribution < -0.4 is 0 Å². The molecule has 1 fully saturated rings. The van der Waals surface area contributed by atoms with Crippen LogP contribution in [0.2, 0.25) is 0 Å². The van der Waals surface area contributed by atoms with E-state index in [4.69, 9.17) is 9.47 Å². The van der Waals surface area contributed by atoms with E-state index in [-0.39, 0.29) is 42.2 Å². The largest absolute Gasteiger partial charge is 0.462 e. The van der Waals surface area contributed by atoms with Gasteiger partial charge in [-0.3, -0.25) is 0 Å². The van der Waals surface area contributed by atoms with Crippen LogP contribution in [-0.4, -0.2) is 32.5 Å². The molecule has 0 bridgehead atoms. The molecular formula is C41H53F3O3. The van der Waals surface area contributed by atoms with Crippen LogP contribution >= 0.6 is 0 Å². The Bertz CT molecular complexity index is 1390. The minimum Gasteiger partial charge on any atom is -0.462 e.